The summed E-state index contributed by atoms with van der Waals surface area (Å²) in [7, 11) is 1.55. The van der Waals surface area contributed by atoms with Crippen LogP contribution in [-0.4, -0.2) is 30.3 Å². The Kier molecular flexibility index (Phi) is 6.89. The van der Waals surface area contributed by atoms with Gasteiger partial charge < -0.3 is 15.2 Å². The number of phenolic OH excluding ortho intramolecular Hbond substituents is 1. The van der Waals surface area contributed by atoms with E-state index in [2.05, 4.69) is 34.4 Å². The minimum Gasteiger partial charge on any atom is -0.503 e. The zero-order valence-corrected chi connectivity index (χ0v) is 13.4. The van der Waals surface area contributed by atoms with E-state index in [1.54, 1.807) is 7.11 Å². The molecule has 1 atom stereocenters. The van der Waals surface area contributed by atoms with Crippen LogP contribution in [0.1, 0.15) is 18.9 Å². The normalized spacial score (nSPS) is 12.4. The summed E-state index contributed by atoms with van der Waals surface area (Å²) in [5.41, 5.74) is 1.09. The van der Waals surface area contributed by atoms with Crippen LogP contribution < -0.4 is 10.1 Å². The molecule has 2 N–H and O–H groups in total. The van der Waals surface area contributed by atoms with E-state index in [9.17, 15) is 5.11 Å². The van der Waals surface area contributed by atoms with Gasteiger partial charge in [0.1, 0.15) is 0 Å². The van der Waals surface area contributed by atoms with Crippen molar-refractivity contribution in [3.8, 4) is 11.5 Å². The molecule has 1 aromatic rings. The maximum atomic E-state index is 9.70. The van der Waals surface area contributed by atoms with Gasteiger partial charge in [0.25, 0.3) is 0 Å². The molecule has 0 aromatic heterocycles. The van der Waals surface area contributed by atoms with Crippen LogP contribution in [0.3, 0.4) is 0 Å². The van der Waals surface area contributed by atoms with Crippen molar-refractivity contribution in [2.75, 3.05) is 19.9 Å². The van der Waals surface area contributed by atoms with Crippen LogP contribution >= 0.6 is 27.7 Å². The van der Waals surface area contributed by atoms with Crippen molar-refractivity contribution in [3.63, 3.8) is 0 Å². The van der Waals surface area contributed by atoms with Crippen LogP contribution in [0.25, 0.3) is 0 Å². The number of phenols is 1. The van der Waals surface area contributed by atoms with E-state index in [-0.39, 0.29) is 5.75 Å². The average Bonchev–Trinajstić information content (AvgIpc) is 2.38. The van der Waals surface area contributed by atoms with Gasteiger partial charge in [-0.3, -0.25) is 0 Å². The number of thioether (sulfide) groups is 1. The molecule has 0 saturated heterocycles. The molecule has 102 valence electrons. The first-order valence-electron chi connectivity index (χ1n) is 5.87. The molecule has 0 amide bonds. The van der Waals surface area contributed by atoms with Gasteiger partial charge in [0.15, 0.2) is 11.5 Å². The van der Waals surface area contributed by atoms with Gasteiger partial charge in [-0.1, -0.05) is 6.92 Å². The summed E-state index contributed by atoms with van der Waals surface area (Å²) in [6, 6.07) is 3.76. The highest BCUT2D eigenvalue weighted by Gasteiger charge is 2.08. The second kappa shape index (κ2) is 7.92. The van der Waals surface area contributed by atoms with Crippen molar-refractivity contribution in [2.45, 2.75) is 25.1 Å². The van der Waals surface area contributed by atoms with Crippen LogP contribution in [-0.2, 0) is 6.54 Å². The maximum absolute atomic E-state index is 9.70. The first-order chi connectivity index (χ1) is 8.58. The Hall–Kier alpha value is -0.390. The quantitative estimate of drug-likeness (QED) is 0.750. The summed E-state index contributed by atoms with van der Waals surface area (Å²) in [6.07, 6.45) is 3.28. The lowest BCUT2D eigenvalue weighted by Gasteiger charge is -2.11. The third kappa shape index (κ3) is 4.71. The van der Waals surface area contributed by atoms with E-state index in [0.717, 1.165) is 25.1 Å². The van der Waals surface area contributed by atoms with E-state index in [0.29, 0.717) is 15.5 Å². The third-order valence-electron chi connectivity index (χ3n) is 2.77. The maximum Gasteiger partial charge on any atom is 0.172 e. The van der Waals surface area contributed by atoms with Gasteiger partial charge in [-0.2, -0.15) is 11.8 Å². The molecule has 18 heavy (non-hydrogen) atoms. The second-order valence-electron chi connectivity index (χ2n) is 4.14. The second-order valence-corrected chi connectivity index (χ2v) is 6.27. The largest absolute Gasteiger partial charge is 0.503 e. The number of halogens is 1. The molecule has 0 aliphatic rings. The first kappa shape index (κ1) is 15.7. The molecule has 3 nitrogen and oxygen atoms in total. The van der Waals surface area contributed by atoms with Gasteiger partial charge in [-0.05, 0) is 52.8 Å². The highest BCUT2D eigenvalue weighted by atomic mass is 79.9. The van der Waals surface area contributed by atoms with Gasteiger partial charge >= 0.3 is 0 Å². The molecule has 0 spiro atoms. The van der Waals surface area contributed by atoms with Crippen molar-refractivity contribution < 1.29 is 9.84 Å². The molecule has 0 heterocycles. The summed E-state index contributed by atoms with van der Waals surface area (Å²) in [5.74, 6) is 0.649. The van der Waals surface area contributed by atoms with Gasteiger partial charge in [-0.15, -0.1) is 0 Å². The Bertz CT molecular complexity index is 387. The number of rotatable bonds is 7. The van der Waals surface area contributed by atoms with Crippen LogP contribution in [0.15, 0.2) is 16.6 Å². The number of hydrogen-bond donors (Lipinski definition) is 2. The number of methoxy groups -OCH3 is 1. The predicted molar refractivity (Wildman–Crippen MR) is 81.7 cm³/mol. The summed E-state index contributed by atoms with van der Waals surface area (Å²) in [6.45, 7) is 3.99. The summed E-state index contributed by atoms with van der Waals surface area (Å²) in [4.78, 5) is 0. The molecule has 5 heteroatoms. The highest BCUT2D eigenvalue weighted by Crippen LogP contribution is 2.35. The zero-order chi connectivity index (χ0) is 13.5. The van der Waals surface area contributed by atoms with Gasteiger partial charge in [0, 0.05) is 11.8 Å². The van der Waals surface area contributed by atoms with Crippen molar-refractivity contribution in [3.05, 3.63) is 22.2 Å². The lowest BCUT2D eigenvalue weighted by Crippen LogP contribution is -2.17. The number of hydrogen-bond acceptors (Lipinski definition) is 4. The van der Waals surface area contributed by atoms with E-state index in [1.165, 1.54) is 0 Å². The molecule has 0 aliphatic heterocycles. The Balaban J connectivity index is 2.50. The predicted octanol–water partition coefficient (Wildman–Crippen LogP) is 3.39. The first-order valence-corrected chi connectivity index (χ1v) is 7.95. The fourth-order valence-corrected chi connectivity index (χ4v) is 2.38. The Labute approximate surface area is 121 Å². The topological polar surface area (TPSA) is 41.5 Å². The van der Waals surface area contributed by atoms with Gasteiger partial charge in [0.05, 0.1) is 11.6 Å². The standard InChI is InChI=1S/C13H20BrNO2S/c1-9(18-3)4-5-15-8-10-6-11(14)13(16)12(7-10)17-2/h6-7,9,15-16H,4-5,8H2,1-3H3. The van der Waals surface area contributed by atoms with Crippen LogP contribution in [0.4, 0.5) is 0 Å². The summed E-state index contributed by atoms with van der Waals surface area (Å²) in [5, 5.41) is 13.8. The monoisotopic (exact) mass is 333 g/mol. The molecule has 1 aromatic carbocycles. The number of benzene rings is 1. The van der Waals surface area contributed by atoms with E-state index in [1.807, 2.05) is 23.9 Å². The zero-order valence-electron chi connectivity index (χ0n) is 11.0. The van der Waals surface area contributed by atoms with Crippen molar-refractivity contribution in [1.82, 2.24) is 5.32 Å². The van der Waals surface area contributed by atoms with Crippen LogP contribution in [0.5, 0.6) is 11.5 Å². The highest BCUT2D eigenvalue weighted by molar-refractivity contribution is 9.10. The average molecular weight is 334 g/mol. The molecular formula is C13H20BrNO2S. The number of ether oxygens (including phenoxy) is 1. The van der Waals surface area contributed by atoms with E-state index < -0.39 is 0 Å². The molecule has 0 bridgehead atoms. The summed E-state index contributed by atoms with van der Waals surface area (Å²) >= 11 is 5.20. The smallest absolute Gasteiger partial charge is 0.172 e. The Morgan fingerprint density at radius 3 is 2.83 bits per heavy atom. The van der Waals surface area contributed by atoms with E-state index >= 15 is 0 Å². The SMILES string of the molecule is COc1cc(CNCCC(C)SC)cc(Br)c1O. The van der Waals surface area contributed by atoms with E-state index in [4.69, 9.17) is 4.74 Å². The molecule has 0 radical (unpaired) electrons. The number of aromatic hydroxyl groups is 1. The molecule has 1 unspecified atom stereocenters. The molecule has 0 aliphatic carbocycles. The van der Waals surface area contributed by atoms with Crippen LogP contribution in [0.2, 0.25) is 0 Å². The summed E-state index contributed by atoms with van der Waals surface area (Å²) < 4.78 is 5.78. The minimum atomic E-state index is 0.150. The molecule has 0 saturated carbocycles. The van der Waals surface area contributed by atoms with Crippen molar-refractivity contribution in [1.29, 1.82) is 0 Å². The fourth-order valence-electron chi connectivity index (χ4n) is 1.54. The van der Waals surface area contributed by atoms with Crippen molar-refractivity contribution >= 4 is 27.7 Å². The lowest BCUT2D eigenvalue weighted by atomic mass is 10.2. The third-order valence-corrected chi connectivity index (χ3v) is 4.41. The van der Waals surface area contributed by atoms with Crippen LogP contribution in [0, 0.1) is 0 Å². The fraction of sp³-hybridized carbons (Fsp3) is 0.538. The van der Waals surface area contributed by atoms with Crippen molar-refractivity contribution in [2.24, 2.45) is 0 Å². The minimum absolute atomic E-state index is 0.150. The molecule has 1 rings (SSSR count). The van der Waals surface area contributed by atoms with Gasteiger partial charge in [0.2, 0.25) is 0 Å². The lowest BCUT2D eigenvalue weighted by molar-refractivity contribution is 0.371. The van der Waals surface area contributed by atoms with Gasteiger partial charge in [-0.25, -0.2) is 0 Å². The Morgan fingerprint density at radius 2 is 2.22 bits per heavy atom. The number of nitrogens with one attached hydrogen (secondary N) is 1. The molecular weight excluding hydrogens is 314 g/mol. The Morgan fingerprint density at radius 1 is 1.50 bits per heavy atom. The molecule has 0 fully saturated rings.